The minimum Gasteiger partial charge on any atom is -0.497 e. The SMILES string of the molecule is COc1ccc(S(=O)(=O)NCC(c2cccn2C)N(C)C)c(OC)c1. The standard InChI is InChI=1S/C17H25N3O4S/c1-19(2)15(14-7-6-10-20(14)3)12-18-25(21,22)17-9-8-13(23-4)11-16(17)24-5/h6-11,15,18H,12H2,1-5H3. The molecule has 0 saturated carbocycles. The predicted molar refractivity (Wildman–Crippen MR) is 96.6 cm³/mol. The van der Waals surface area contributed by atoms with Crippen LogP contribution in [0.3, 0.4) is 0 Å². The summed E-state index contributed by atoms with van der Waals surface area (Å²) in [7, 11) is 4.99. The molecule has 0 aliphatic carbocycles. The molecule has 25 heavy (non-hydrogen) atoms. The van der Waals surface area contributed by atoms with Gasteiger partial charge in [-0.1, -0.05) is 0 Å². The number of aryl methyl sites for hydroxylation is 1. The van der Waals surface area contributed by atoms with Gasteiger partial charge in [-0.15, -0.1) is 0 Å². The minimum absolute atomic E-state index is 0.0835. The highest BCUT2D eigenvalue weighted by Crippen LogP contribution is 2.28. The van der Waals surface area contributed by atoms with Crippen molar-refractivity contribution in [2.75, 3.05) is 34.9 Å². The molecule has 1 unspecified atom stereocenters. The smallest absolute Gasteiger partial charge is 0.244 e. The van der Waals surface area contributed by atoms with Gasteiger partial charge >= 0.3 is 0 Å². The lowest BCUT2D eigenvalue weighted by Gasteiger charge is -2.25. The summed E-state index contributed by atoms with van der Waals surface area (Å²) in [4.78, 5) is 2.06. The van der Waals surface area contributed by atoms with Crippen LogP contribution in [0.5, 0.6) is 11.5 Å². The van der Waals surface area contributed by atoms with Gasteiger partial charge in [0.1, 0.15) is 16.4 Å². The van der Waals surface area contributed by atoms with Crippen molar-refractivity contribution in [3.8, 4) is 11.5 Å². The van der Waals surface area contributed by atoms with Crippen LogP contribution in [0, 0.1) is 0 Å². The molecular weight excluding hydrogens is 342 g/mol. The van der Waals surface area contributed by atoms with Gasteiger partial charge in [-0.25, -0.2) is 13.1 Å². The number of rotatable bonds is 8. The Bertz CT molecular complexity index is 815. The van der Waals surface area contributed by atoms with E-state index >= 15 is 0 Å². The molecule has 8 heteroatoms. The lowest BCUT2D eigenvalue weighted by molar-refractivity contribution is 0.289. The van der Waals surface area contributed by atoms with Crippen molar-refractivity contribution in [3.05, 3.63) is 42.2 Å². The maximum Gasteiger partial charge on any atom is 0.244 e. The van der Waals surface area contributed by atoms with E-state index in [0.29, 0.717) is 5.75 Å². The van der Waals surface area contributed by atoms with Crippen molar-refractivity contribution < 1.29 is 17.9 Å². The number of ether oxygens (including phenoxy) is 2. The fourth-order valence-electron chi connectivity index (χ4n) is 2.64. The van der Waals surface area contributed by atoms with Gasteiger partial charge in [0.15, 0.2) is 0 Å². The summed E-state index contributed by atoms with van der Waals surface area (Å²) in [5, 5.41) is 0. The monoisotopic (exact) mass is 367 g/mol. The van der Waals surface area contributed by atoms with E-state index in [4.69, 9.17) is 9.47 Å². The van der Waals surface area contributed by atoms with Crippen LogP contribution < -0.4 is 14.2 Å². The van der Waals surface area contributed by atoms with Gasteiger partial charge in [-0.05, 0) is 38.4 Å². The van der Waals surface area contributed by atoms with Crippen LogP contribution in [0.1, 0.15) is 11.7 Å². The number of hydrogen-bond donors (Lipinski definition) is 1. The molecule has 2 aromatic rings. The van der Waals surface area contributed by atoms with E-state index in [2.05, 4.69) is 4.72 Å². The van der Waals surface area contributed by atoms with Crippen LogP contribution in [-0.2, 0) is 17.1 Å². The molecule has 0 fully saturated rings. The highest BCUT2D eigenvalue weighted by Gasteiger charge is 2.24. The molecule has 2 rings (SSSR count). The molecular formula is C17H25N3O4S. The molecule has 0 spiro atoms. The number of aromatic nitrogens is 1. The van der Waals surface area contributed by atoms with E-state index in [9.17, 15) is 8.42 Å². The van der Waals surface area contributed by atoms with Crippen molar-refractivity contribution in [2.45, 2.75) is 10.9 Å². The lowest BCUT2D eigenvalue weighted by atomic mass is 10.2. The van der Waals surface area contributed by atoms with E-state index in [1.807, 2.05) is 48.9 Å². The first kappa shape index (κ1) is 19.3. The molecule has 1 heterocycles. The zero-order valence-electron chi connectivity index (χ0n) is 15.2. The molecule has 0 saturated heterocycles. The first-order valence-electron chi connectivity index (χ1n) is 7.79. The zero-order chi connectivity index (χ0) is 18.6. The predicted octanol–water partition coefficient (Wildman–Crippen LogP) is 1.62. The number of sulfonamides is 1. The number of nitrogens with zero attached hydrogens (tertiary/aromatic N) is 2. The molecule has 1 aromatic carbocycles. The Kier molecular flexibility index (Phi) is 6.10. The second kappa shape index (κ2) is 7.90. The maximum atomic E-state index is 12.7. The van der Waals surface area contributed by atoms with E-state index in [-0.39, 0.29) is 23.2 Å². The van der Waals surface area contributed by atoms with Crippen LogP contribution in [0.4, 0.5) is 0 Å². The summed E-state index contributed by atoms with van der Waals surface area (Å²) in [6, 6.07) is 8.44. The summed E-state index contributed by atoms with van der Waals surface area (Å²) in [5.41, 5.74) is 1.02. The average molecular weight is 367 g/mol. The number of hydrogen-bond acceptors (Lipinski definition) is 5. The molecule has 0 aliphatic heterocycles. The quantitative estimate of drug-likeness (QED) is 0.768. The highest BCUT2D eigenvalue weighted by molar-refractivity contribution is 7.89. The van der Waals surface area contributed by atoms with Crippen molar-refractivity contribution in [1.82, 2.24) is 14.2 Å². The van der Waals surface area contributed by atoms with E-state index in [1.54, 1.807) is 12.1 Å². The topological polar surface area (TPSA) is 72.8 Å². The summed E-state index contributed by atoms with van der Waals surface area (Å²) >= 11 is 0. The Hall–Kier alpha value is -2.03. The largest absolute Gasteiger partial charge is 0.497 e. The van der Waals surface area contributed by atoms with Crippen LogP contribution in [0.15, 0.2) is 41.4 Å². The summed E-state index contributed by atoms with van der Waals surface area (Å²) in [5.74, 6) is 0.776. The third-order valence-electron chi connectivity index (χ3n) is 4.08. The van der Waals surface area contributed by atoms with Gasteiger partial charge in [0, 0.05) is 31.5 Å². The Labute approximate surface area is 149 Å². The minimum atomic E-state index is -3.73. The highest BCUT2D eigenvalue weighted by atomic mass is 32.2. The van der Waals surface area contributed by atoms with Gasteiger partial charge < -0.3 is 14.0 Å². The molecule has 138 valence electrons. The summed E-state index contributed by atoms with van der Waals surface area (Å²) in [6.45, 7) is 0.238. The second-order valence-corrected chi connectivity index (χ2v) is 7.63. The fourth-order valence-corrected chi connectivity index (χ4v) is 3.82. The maximum absolute atomic E-state index is 12.7. The van der Waals surface area contributed by atoms with Crippen LogP contribution in [0.25, 0.3) is 0 Å². The molecule has 7 nitrogen and oxygen atoms in total. The van der Waals surface area contributed by atoms with E-state index in [0.717, 1.165) is 5.69 Å². The average Bonchev–Trinajstić information content (AvgIpc) is 2.99. The van der Waals surface area contributed by atoms with E-state index < -0.39 is 10.0 Å². The van der Waals surface area contributed by atoms with Crippen molar-refractivity contribution in [1.29, 1.82) is 0 Å². The lowest BCUT2D eigenvalue weighted by Crippen LogP contribution is -2.35. The third-order valence-corrected chi connectivity index (χ3v) is 5.54. The number of methoxy groups -OCH3 is 2. The third kappa shape index (κ3) is 4.33. The van der Waals surface area contributed by atoms with E-state index in [1.165, 1.54) is 20.3 Å². The van der Waals surface area contributed by atoms with Crippen LogP contribution in [-0.4, -0.2) is 52.7 Å². The zero-order valence-corrected chi connectivity index (χ0v) is 16.0. The normalized spacial score (nSPS) is 13.0. The molecule has 0 bridgehead atoms. The van der Waals surface area contributed by atoms with Gasteiger partial charge in [-0.3, -0.25) is 4.90 Å². The van der Waals surface area contributed by atoms with Gasteiger partial charge in [0.2, 0.25) is 10.0 Å². The number of likely N-dealkylation sites (N-methyl/N-ethyl adjacent to an activating group) is 1. The molecule has 0 aliphatic rings. The molecule has 0 radical (unpaired) electrons. The molecule has 0 amide bonds. The Balaban J connectivity index is 2.25. The Morgan fingerprint density at radius 3 is 2.44 bits per heavy atom. The molecule has 1 aromatic heterocycles. The number of nitrogens with one attached hydrogen (secondary N) is 1. The summed E-state index contributed by atoms with van der Waals surface area (Å²) in [6.07, 6.45) is 1.94. The van der Waals surface area contributed by atoms with Gasteiger partial charge in [-0.2, -0.15) is 0 Å². The van der Waals surface area contributed by atoms with Gasteiger partial charge in [0.05, 0.1) is 20.3 Å². The van der Waals surface area contributed by atoms with Gasteiger partial charge in [0.25, 0.3) is 0 Å². The van der Waals surface area contributed by atoms with Crippen LogP contribution >= 0.6 is 0 Å². The summed E-state index contributed by atoms with van der Waals surface area (Å²) < 4.78 is 40.4. The first-order valence-corrected chi connectivity index (χ1v) is 9.27. The number of benzene rings is 1. The van der Waals surface area contributed by atoms with Crippen molar-refractivity contribution >= 4 is 10.0 Å². The van der Waals surface area contributed by atoms with Crippen LogP contribution in [0.2, 0.25) is 0 Å². The molecule has 1 N–H and O–H groups in total. The Morgan fingerprint density at radius 1 is 1.20 bits per heavy atom. The Morgan fingerprint density at radius 2 is 1.92 bits per heavy atom. The van der Waals surface area contributed by atoms with Crippen molar-refractivity contribution in [2.24, 2.45) is 7.05 Å². The first-order chi connectivity index (χ1) is 11.8. The van der Waals surface area contributed by atoms with Crippen molar-refractivity contribution in [3.63, 3.8) is 0 Å². The molecule has 1 atom stereocenters. The second-order valence-electron chi connectivity index (χ2n) is 5.89. The fraction of sp³-hybridized carbons (Fsp3) is 0.412.